The minimum absolute atomic E-state index is 0.0118. The lowest BCUT2D eigenvalue weighted by Crippen LogP contribution is -2.25. The summed E-state index contributed by atoms with van der Waals surface area (Å²) >= 11 is 0. The van der Waals surface area contributed by atoms with E-state index >= 15 is 0 Å². The maximum atomic E-state index is 12.2. The Morgan fingerprint density at radius 1 is 1.19 bits per heavy atom. The topological polar surface area (TPSA) is 79.6 Å². The van der Waals surface area contributed by atoms with Crippen LogP contribution in [-0.4, -0.2) is 33.3 Å². The van der Waals surface area contributed by atoms with E-state index in [0.29, 0.717) is 6.54 Å². The molecule has 1 N–H and O–H groups in total. The van der Waals surface area contributed by atoms with Crippen LogP contribution in [0.2, 0.25) is 0 Å². The lowest BCUT2D eigenvalue weighted by atomic mass is 10.2. The van der Waals surface area contributed by atoms with Crippen molar-refractivity contribution in [3.05, 3.63) is 53.8 Å². The minimum Gasteiger partial charge on any atom is -0.438 e. The molecule has 0 saturated carbocycles. The second kappa shape index (κ2) is 6.11. The van der Waals surface area contributed by atoms with E-state index in [1.54, 1.807) is 7.05 Å². The number of amides is 1. The van der Waals surface area contributed by atoms with Gasteiger partial charge in [-0.25, -0.2) is 13.1 Å². The molecule has 7 heteroatoms. The van der Waals surface area contributed by atoms with Crippen LogP contribution in [0.4, 0.5) is 0 Å². The number of carbonyl (C=O) groups is 1. The molecule has 0 atom stereocenters. The molecule has 0 aliphatic carbocycles. The van der Waals surface area contributed by atoms with E-state index in [1.165, 1.54) is 24.1 Å². The molecule has 2 aromatic rings. The molecule has 112 valence electrons. The molecule has 6 nitrogen and oxygen atoms in total. The zero-order valence-electron chi connectivity index (χ0n) is 11.7. The SMILES string of the molecule is CNS(=O)(=O)c1ccc(C(=O)N(C)Cc2ccccc2)o1. The van der Waals surface area contributed by atoms with Gasteiger partial charge in [0.25, 0.3) is 15.9 Å². The third-order valence-electron chi connectivity index (χ3n) is 2.93. The molecule has 0 unspecified atom stereocenters. The number of nitrogens with zero attached hydrogens (tertiary/aromatic N) is 1. The van der Waals surface area contributed by atoms with Crippen LogP contribution in [-0.2, 0) is 16.6 Å². The fourth-order valence-electron chi connectivity index (χ4n) is 1.80. The Hall–Kier alpha value is -2.12. The summed E-state index contributed by atoms with van der Waals surface area (Å²) in [6, 6.07) is 12.1. The predicted octanol–water partition coefficient (Wildman–Crippen LogP) is 1.46. The zero-order valence-corrected chi connectivity index (χ0v) is 12.6. The highest BCUT2D eigenvalue weighted by Gasteiger charge is 2.21. The fraction of sp³-hybridized carbons (Fsp3) is 0.214. The third kappa shape index (κ3) is 3.50. The van der Waals surface area contributed by atoms with Crippen molar-refractivity contribution in [1.29, 1.82) is 0 Å². The highest BCUT2D eigenvalue weighted by Crippen LogP contribution is 2.15. The van der Waals surface area contributed by atoms with E-state index in [2.05, 4.69) is 4.72 Å². The van der Waals surface area contributed by atoms with E-state index < -0.39 is 10.0 Å². The van der Waals surface area contributed by atoms with Gasteiger partial charge in [-0.1, -0.05) is 30.3 Å². The molecule has 1 aromatic carbocycles. The lowest BCUT2D eigenvalue weighted by molar-refractivity contribution is 0.0747. The van der Waals surface area contributed by atoms with E-state index in [0.717, 1.165) is 5.56 Å². The van der Waals surface area contributed by atoms with Crippen molar-refractivity contribution >= 4 is 15.9 Å². The van der Waals surface area contributed by atoms with Crippen molar-refractivity contribution in [1.82, 2.24) is 9.62 Å². The molecule has 0 fully saturated rings. The summed E-state index contributed by atoms with van der Waals surface area (Å²) in [5.41, 5.74) is 0.975. The second-order valence-corrected chi connectivity index (χ2v) is 6.29. The first kappa shape index (κ1) is 15.3. The maximum Gasteiger partial charge on any atom is 0.289 e. The lowest BCUT2D eigenvalue weighted by Gasteiger charge is -2.15. The van der Waals surface area contributed by atoms with Crippen LogP contribution < -0.4 is 4.72 Å². The fourth-order valence-corrected chi connectivity index (χ4v) is 2.45. The molecule has 21 heavy (non-hydrogen) atoms. The monoisotopic (exact) mass is 308 g/mol. The van der Waals surface area contributed by atoms with Gasteiger partial charge < -0.3 is 9.32 Å². The Morgan fingerprint density at radius 3 is 2.48 bits per heavy atom. The first-order chi connectivity index (χ1) is 9.94. The van der Waals surface area contributed by atoms with Crippen LogP contribution in [0.3, 0.4) is 0 Å². The summed E-state index contributed by atoms with van der Waals surface area (Å²) in [5, 5.41) is -0.276. The Morgan fingerprint density at radius 2 is 1.86 bits per heavy atom. The van der Waals surface area contributed by atoms with Crippen molar-refractivity contribution in [3.63, 3.8) is 0 Å². The zero-order chi connectivity index (χ0) is 15.5. The van der Waals surface area contributed by atoms with Gasteiger partial charge in [0.15, 0.2) is 5.76 Å². The summed E-state index contributed by atoms with van der Waals surface area (Å²) in [6.45, 7) is 0.411. The van der Waals surface area contributed by atoms with Gasteiger partial charge in [0.1, 0.15) is 0 Å². The molecule has 0 saturated heterocycles. The molecular formula is C14H16N2O4S. The number of hydrogen-bond donors (Lipinski definition) is 1. The third-order valence-corrected chi connectivity index (χ3v) is 4.22. The molecule has 1 amide bonds. The summed E-state index contributed by atoms with van der Waals surface area (Å²) in [7, 11) is -0.775. The summed E-state index contributed by atoms with van der Waals surface area (Å²) in [5.74, 6) is -0.390. The van der Waals surface area contributed by atoms with Crippen LogP contribution >= 0.6 is 0 Å². The van der Waals surface area contributed by atoms with Crippen molar-refractivity contribution in [2.75, 3.05) is 14.1 Å². The highest BCUT2D eigenvalue weighted by atomic mass is 32.2. The minimum atomic E-state index is -3.68. The quantitative estimate of drug-likeness (QED) is 0.907. The van der Waals surface area contributed by atoms with E-state index in [4.69, 9.17) is 4.42 Å². The highest BCUT2D eigenvalue weighted by molar-refractivity contribution is 7.89. The van der Waals surface area contributed by atoms with Crippen LogP contribution in [0.15, 0.2) is 52.0 Å². The van der Waals surface area contributed by atoms with Gasteiger partial charge in [-0.2, -0.15) is 0 Å². The van der Waals surface area contributed by atoms with Crippen LogP contribution in [0.25, 0.3) is 0 Å². The number of carbonyl (C=O) groups excluding carboxylic acids is 1. The number of rotatable bonds is 5. The van der Waals surface area contributed by atoms with Gasteiger partial charge in [-0.3, -0.25) is 4.79 Å². The molecular weight excluding hydrogens is 292 g/mol. The molecule has 1 heterocycles. The summed E-state index contributed by atoms with van der Waals surface area (Å²) < 4.78 is 30.4. The summed E-state index contributed by atoms with van der Waals surface area (Å²) in [6.07, 6.45) is 0. The molecule has 2 rings (SSSR count). The number of hydrogen-bond acceptors (Lipinski definition) is 4. The standard InChI is InChI=1S/C14H16N2O4S/c1-15-21(18,19)13-9-8-12(20-13)14(17)16(2)10-11-6-4-3-5-7-11/h3-9,15H,10H2,1-2H3. The van der Waals surface area contributed by atoms with Crippen molar-refractivity contribution in [2.45, 2.75) is 11.6 Å². The number of benzene rings is 1. The Labute approximate surface area is 123 Å². The average molecular weight is 308 g/mol. The Balaban J connectivity index is 2.13. The van der Waals surface area contributed by atoms with Gasteiger partial charge in [0.05, 0.1) is 0 Å². The molecule has 0 aliphatic rings. The van der Waals surface area contributed by atoms with Gasteiger partial charge >= 0.3 is 0 Å². The maximum absolute atomic E-state index is 12.2. The smallest absolute Gasteiger partial charge is 0.289 e. The number of furan rings is 1. The molecule has 0 aliphatic heterocycles. The van der Waals surface area contributed by atoms with Gasteiger partial charge in [0.2, 0.25) is 5.09 Å². The van der Waals surface area contributed by atoms with Crippen molar-refractivity contribution < 1.29 is 17.6 Å². The van der Waals surface area contributed by atoms with E-state index in [-0.39, 0.29) is 16.8 Å². The van der Waals surface area contributed by atoms with Crippen molar-refractivity contribution in [3.8, 4) is 0 Å². The predicted molar refractivity (Wildman–Crippen MR) is 77.2 cm³/mol. The first-order valence-corrected chi connectivity index (χ1v) is 7.75. The summed E-state index contributed by atoms with van der Waals surface area (Å²) in [4.78, 5) is 13.7. The van der Waals surface area contributed by atoms with Crippen molar-refractivity contribution in [2.24, 2.45) is 0 Å². The van der Waals surface area contributed by atoms with E-state index in [1.807, 2.05) is 30.3 Å². The van der Waals surface area contributed by atoms with Gasteiger partial charge in [0, 0.05) is 13.6 Å². The molecule has 0 spiro atoms. The molecule has 0 radical (unpaired) electrons. The van der Waals surface area contributed by atoms with E-state index in [9.17, 15) is 13.2 Å². The largest absolute Gasteiger partial charge is 0.438 e. The van der Waals surface area contributed by atoms with Gasteiger partial charge in [-0.05, 0) is 24.7 Å². The Kier molecular flexibility index (Phi) is 4.44. The number of nitrogens with one attached hydrogen (secondary N) is 1. The first-order valence-electron chi connectivity index (χ1n) is 6.27. The number of sulfonamides is 1. The van der Waals surface area contributed by atoms with Crippen LogP contribution in [0, 0.1) is 0 Å². The molecule has 0 bridgehead atoms. The average Bonchev–Trinajstić information content (AvgIpc) is 2.98. The normalized spacial score (nSPS) is 11.3. The van der Waals surface area contributed by atoms with Crippen LogP contribution in [0.1, 0.15) is 16.1 Å². The van der Waals surface area contributed by atoms with Crippen LogP contribution in [0.5, 0.6) is 0 Å². The Bertz CT molecular complexity index is 722. The second-order valence-electron chi connectivity index (χ2n) is 4.47. The van der Waals surface area contributed by atoms with Gasteiger partial charge in [-0.15, -0.1) is 0 Å². The molecule has 1 aromatic heterocycles.